The molecule has 2 atom stereocenters. The number of aryl methyl sites for hydroxylation is 1. The summed E-state index contributed by atoms with van der Waals surface area (Å²) in [7, 11) is 3.59. The third kappa shape index (κ3) is 4.58. The number of ether oxygens (including phenoxy) is 1. The molecular formula is C27H33N5O2. The number of anilines is 1. The molecule has 0 saturated carbocycles. The zero-order chi connectivity index (χ0) is 23.5. The van der Waals surface area contributed by atoms with E-state index in [1.807, 2.05) is 13.2 Å². The molecule has 34 heavy (non-hydrogen) atoms. The number of H-pyrrole nitrogens is 1. The smallest absolute Gasteiger partial charge is 0.227 e. The summed E-state index contributed by atoms with van der Waals surface area (Å²) in [6.45, 7) is 2.57. The Kier molecular flexibility index (Phi) is 6.65. The van der Waals surface area contributed by atoms with E-state index in [2.05, 4.69) is 62.6 Å². The van der Waals surface area contributed by atoms with Gasteiger partial charge in [0, 0.05) is 55.7 Å². The van der Waals surface area contributed by atoms with Crippen LogP contribution >= 0.6 is 0 Å². The maximum Gasteiger partial charge on any atom is 0.227 e. The van der Waals surface area contributed by atoms with Crippen molar-refractivity contribution in [3.05, 3.63) is 77.4 Å². The number of aromatic nitrogens is 2. The summed E-state index contributed by atoms with van der Waals surface area (Å²) in [5, 5.41) is 3.85. The van der Waals surface area contributed by atoms with Crippen LogP contribution in [0.2, 0.25) is 0 Å². The molecule has 7 heteroatoms. The van der Waals surface area contributed by atoms with Crippen LogP contribution in [0.1, 0.15) is 47.7 Å². The highest BCUT2D eigenvalue weighted by atomic mass is 16.5. The third-order valence-corrected chi connectivity index (χ3v) is 7.18. The number of piperidine rings is 1. The first-order chi connectivity index (χ1) is 16.6. The van der Waals surface area contributed by atoms with Crippen molar-refractivity contribution in [3.63, 3.8) is 0 Å². The van der Waals surface area contributed by atoms with Crippen molar-refractivity contribution < 1.29 is 9.53 Å². The van der Waals surface area contributed by atoms with Crippen LogP contribution < -0.4 is 15.0 Å². The van der Waals surface area contributed by atoms with Crippen molar-refractivity contribution in [1.29, 1.82) is 0 Å². The molecule has 2 aromatic carbocycles. The number of rotatable bonds is 7. The Morgan fingerprint density at radius 1 is 1.21 bits per heavy atom. The predicted molar refractivity (Wildman–Crippen MR) is 133 cm³/mol. The lowest BCUT2D eigenvalue weighted by Crippen LogP contribution is -2.47. The molecule has 1 amide bonds. The minimum Gasteiger partial charge on any atom is -0.496 e. The minimum atomic E-state index is 0.169. The first kappa shape index (κ1) is 22.6. The summed E-state index contributed by atoms with van der Waals surface area (Å²) >= 11 is 0. The number of hydrogen-bond acceptors (Lipinski definition) is 5. The van der Waals surface area contributed by atoms with E-state index in [-0.39, 0.29) is 11.9 Å². The molecule has 0 spiro atoms. The van der Waals surface area contributed by atoms with Crippen molar-refractivity contribution in [1.82, 2.24) is 20.2 Å². The van der Waals surface area contributed by atoms with Gasteiger partial charge in [-0.1, -0.05) is 30.3 Å². The van der Waals surface area contributed by atoms with Crippen molar-refractivity contribution in [2.45, 2.75) is 50.9 Å². The van der Waals surface area contributed by atoms with Crippen molar-refractivity contribution in [2.24, 2.45) is 0 Å². The highest BCUT2D eigenvalue weighted by molar-refractivity contribution is 5.96. The molecular weight excluding hydrogens is 426 g/mol. The number of amides is 1. The number of benzene rings is 2. The van der Waals surface area contributed by atoms with Gasteiger partial charge in [-0.2, -0.15) is 0 Å². The molecule has 0 bridgehead atoms. The van der Waals surface area contributed by atoms with E-state index in [0.717, 1.165) is 55.0 Å². The molecule has 178 valence electrons. The first-order valence-corrected chi connectivity index (χ1v) is 12.1. The Hall–Kier alpha value is -3.16. The summed E-state index contributed by atoms with van der Waals surface area (Å²) in [6.07, 6.45) is 7.21. The number of methoxy groups -OCH3 is 1. The van der Waals surface area contributed by atoms with Crippen LogP contribution in [0.5, 0.6) is 5.75 Å². The fourth-order valence-corrected chi connectivity index (χ4v) is 5.42. The van der Waals surface area contributed by atoms with Gasteiger partial charge in [-0.25, -0.2) is 4.98 Å². The maximum atomic E-state index is 12.3. The van der Waals surface area contributed by atoms with Gasteiger partial charge >= 0.3 is 0 Å². The average molecular weight is 460 g/mol. The van der Waals surface area contributed by atoms with Crippen LogP contribution in [0, 0.1) is 0 Å². The molecule has 1 aromatic heterocycles. The van der Waals surface area contributed by atoms with Gasteiger partial charge in [-0.15, -0.1) is 0 Å². The van der Waals surface area contributed by atoms with E-state index in [9.17, 15) is 4.79 Å². The topological polar surface area (TPSA) is 73.5 Å². The number of aromatic amines is 1. The van der Waals surface area contributed by atoms with E-state index in [0.29, 0.717) is 19.0 Å². The van der Waals surface area contributed by atoms with E-state index in [4.69, 9.17) is 4.74 Å². The summed E-state index contributed by atoms with van der Waals surface area (Å²) in [4.78, 5) is 24.0. The SMILES string of the molecule is COc1cc2c(cc1CN[C@H]1CCCN(Cc3cnc[nH]3)[C@H]1c1ccccc1)N(C)C(=O)CC2. The quantitative estimate of drug-likeness (QED) is 0.562. The van der Waals surface area contributed by atoms with Crippen LogP contribution in [-0.2, 0) is 24.3 Å². The zero-order valence-electron chi connectivity index (χ0n) is 20.0. The molecule has 5 rings (SSSR count). The summed E-state index contributed by atoms with van der Waals surface area (Å²) in [5.41, 5.74) is 5.71. The minimum absolute atomic E-state index is 0.169. The standard InChI is InChI=1S/C27H33N5O2/c1-31-24-13-21(25(34-2)14-20(24)10-11-26(31)33)15-29-23-9-6-12-32(17-22-16-28-18-30-22)27(23)19-7-4-3-5-8-19/h3-5,7-8,13-14,16,18,23,27,29H,6,9-12,15,17H2,1-2H3,(H,28,30)/t23-,27-/m0/s1. The molecule has 0 aliphatic carbocycles. The molecule has 1 fully saturated rings. The van der Waals surface area contributed by atoms with Crippen LogP contribution in [0.15, 0.2) is 55.0 Å². The van der Waals surface area contributed by atoms with Gasteiger partial charge < -0.3 is 19.9 Å². The Bertz CT molecular complexity index is 1120. The molecule has 3 aromatic rings. The summed E-state index contributed by atoms with van der Waals surface area (Å²) in [5.74, 6) is 1.05. The molecule has 7 nitrogen and oxygen atoms in total. The van der Waals surface area contributed by atoms with E-state index >= 15 is 0 Å². The van der Waals surface area contributed by atoms with Crippen molar-refractivity contribution in [2.75, 3.05) is 25.6 Å². The number of nitrogens with one attached hydrogen (secondary N) is 2. The second kappa shape index (κ2) is 9.99. The number of imidazole rings is 1. The second-order valence-electron chi connectivity index (χ2n) is 9.28. The van der Waals surface area contributed by atoms with Crippen LogP contribution in [-0.4, -0.2) is 47.5 Å². The van der Waals surface area contributed by atoms with Gasteiger partial charge in [0.15, 0.2) is 0 Å². The number of fused-ring (bicyclic) bond motifs is 1. The van der Waals surface area contributed by atoms with Gasteiger partial charge in [-0.3, -0.25) is 9.69 Å². The monoisotopic (exact) mass is 459 g/mol. The van der Waals surface area contributed by atoms with Crippen molar-refractivity contribution in [3.8, 4) is 5.75 Å². The average Bonchev–Trinajstić information content (AvgIpc) is 3.38. The van der Waals surface area contributed by atoms with E-state index in [1.54, 1.807) is 18.3 Å². The van der Waals surface area contributed by atoms with Crippen LogP contribution in [0.25, 0.3) is 0 Å². The van der Waals surface area contributed by atoms with Gasteiger partial charge in [0.05, 0.1) is 19.5 Å². The molecule has 2 N–H and O–H groups in total. The normalized spacial score (nSPS) is 20.9. The predicted octanol–water partition coefficient (Wildman–Crippen LogP) is 3.82. The maximum absolute atomic E-state index is 12.3. The van der Waals surface area contributed by atoms with Gasteiger partial charge in [0.1, 0.15) is 5.75 Å². The van der Waals surface area contributed by atoms with Gasteiger partial charge in [-0.05, 0) is 49.1 Å². The highest BCUT2D eigenvalue weighted by Gasteiger charge is 2.33. The first-order valence-electron chi connectivity index (χ1n) is 12.1. The third-order valence-electron chi connectivity index (χ3n) is 7.18. The number of hydrogen-bond donors (Lipinski definition) is 2. The van der Waals surface area contributed by atoms with E-state index in [1.165, 1.54) is 11.1 Å². The number of nitrogens with zero attached hydrogens (tertiary/aromatic N) is 3. The van der Waals surface area contributed by atoms with Crippen LogP contribution in [0.4, 0.5) is 5.69 Å². The molecule has 2 aliphatic heterocycles. The van der Waals surface area contributed by atoms with Gasteiger partial charge in [0.25, 0.3) is 0 Å². The number of likely N-dealkylation sites (tertiary alicyclic amines) is 1. The molecule has 0 radical (unpaired) electrons. The Morgan fingerprint density at radius 3 is 2.82 bits per heavy atom. The van der Waals surface area contributed by atoms with Gasteiger partial charge in [0.2, 0.25) is 5.91 Å². The Labute approximate surface area is 201 Å². The fraction of sp³-hybridized carbons (Fsp3) is 0.407. The molecule has 3 heterocycles. The lowest BCUT2D eigenvalue weighted by molar-refractivity contribution is -0.118. The Morgan fingerprint density at radius 2 is 2.06 bits per heavy atom. The Balaban J connectivity index is 1.40. The fourth-order valence-electron chi connectivity index (χ4n) is 5.42. The highest BCUT2D eigenvalue weighted by Crippen LogP contribution is 2.35. The molecule has 0 unspecified atom stereocenters. The lowest BCUT2D eigenvalue weighted by Gasteiger charge is -2.42. The lowest BCUT2D eigenvalue weighted by atomic mass is 9.89. The number of carbonyl (C=O) groups is 1. The molecule has 2 aliphatic rings. The van der Waals surface area contributed by atoms with Crippen molar-refractivity contribution >= 4 is 11.6 Å². The largest absolute Gasteiger partial charge is 0.496 e. The summed E-state index contributed by atoms with van der Waals surface area (Å²) < 4.78 is 5.75. The van der Waals surface area contributed by atoms with Crippen LogP contribution in [0.3, 0.4) is 0 Å². The second-order valence-corrected chi connectivity index (χ2v) is 9.28. The van der Waals surface area contributed by atoms with E-state index < -0.39 is 0 Å². The zero-order valence-corrected chi connectivity index (χ0v) is 20.0. The summed E-state index contributed by atoms with van der Waals surface area (Å²) in [6, 6.07) is 15.5. The molecule has 1 saturated heterocycles. The number of carbonyl (C=O) groups excluding carboxylic acids is 1.